The third kappa shape index (κ3) is 8.73. The van der Waals surface area contributed by atoms with Gasteiger partial charge in [0.15, 0.2) is 5.69 Å². The van der Waals surface area contributed by atoms with Crippen LogP contribution in [0.25, 0.3) is 22.0 Å². The number of aromatic nitrogens is 4. The van der Waals surface area contributed by atoms with Crippen molar-refractivity contribution in [3.05, 3.63) is 71.2 Å². The molecule has 4 aromatic rings. The van der Waals surface area contributed by atoms with E-state index >= 15 is 0 Å². The maximum absolute atomic E-state index is 13.9. The van der Waals surface area contributed by atoms with Crippen molar-refractivity contribution in [2.45, 2.75) is 88.6 Å². The molecule has 7 rings (SSSR count). The predicted molar refractivity (Wildman–Crippen MR) is 215 cm³/mol. The number of nitrogens with one attached hydrogen (secondary N) is 4. The summed E-state index contributed by atoms with van der Waals surface area (Å²) in [5.74, 6) is 7.05. The van der Waals surface area contributed by atoms with Crippen LogP contribution in [0.3, 0.4) is 0 Å². The van der Waals surface area contributed by atoms with Gasteiger partial charge in [-0.1, -0.05) is 37.0 Å². The van der Waals surface area contributed by atoms with Crippen molar-refractivity contribution < 1.29 is 33.4 Å². The van der Waals surface area contributed by atoms with Crippen LogP contribution in [0, 0.1) is 29.1 Å². The highest BCUT2D eigenvalue weighted by molar-refractivity contribution is 5.89. The number of H-pyrrole nitrogens is 2. The van der Waals surface area contributed by atoms with E-state index in [4.69, 9.17) is 14.2 Å². The molecule has 0 bridgehead atoms. The maximum Gasteiger partial charge on any atom is 0.407 e. The van der Waals surface area contributed by atoms with E-state index in [1.54, 1.807) is 22.9 Å². The van der Waals surface area contributed by atoms with Crippen LogP contribution < -0.4 is 10.6 Å². The molecule has 3 fully saturated rings. The summed E-state index contributed by atoms with van der Waals surface area (Å²) in [6.07, 6.45) is 6.55. The van der Waals surface area contributed by atoms with Gasteiger partial charge in [0.1, 0.15) is 35.5 Å². The molecule has 2 aliphatic heterocycles. The van der Waals surface area contributed by atoms with E-state index in [-0.39, 0.29) is 35.5 Å². The SMILES string of the molecule is COC(=O)NC(C(=O)N1CCCC1c1ncc(-c2ccc3cc(C#Cc4[nH]c(C5CCCN5C(=O)[C@@H](NC(=O)OC)C5CCCC5)nc4C#N)ccc3c2)[nH]1)[C@@H](C)OC. The van der Waals surface area contributed by atoms with E-state index in [1.807, 2.05) is 30.3 Å². The maximum atomic E-state index is 13.9. The first-order valence-electron chi connectivity index (χ1n) is 20.1. The second-order valence-electron chi connectivity index (χ2n) is 15.3. The van der Waals surface area contributed by atoms with Crippen LogP contribution in [0.4, 0.5) is 9.59 Å². The molecular formula is C43H49N9O7. The van der Waals surface area contributed by atoms with E-state index in [0.717, 1.165) is 72.5 Å². The smallest absolute Gasteiger partial charge is 0.407 e. The van der Waals surface area contributed by atoms with Crippen LogP contribution in [-0.2, 0) is 23.8 Å². The van der Waals surface area contributed by atoms with E-state index in [9.17, 15) is 24.4 Å². The van der Waals surface area contributed by atoms with Crippen molar-refractivity contribution in [3.8, 4) is 29.2 Å². The summed E-state index contributed by atoms with van der Waals surface area (Å²) in [7, 11) is 4.03. The zero-order chi connectivity index (χ0) is 41.6. The van der Waals surface area contributed by atoms with Crippen molar-refractivity contribution in [1.82, 2.24) is 40.4 Å². The fourth-order valence-electron chi connectivity index (χ4n) is 8.55. The van der Waals surface area contributed by atoms with E-state index in [2.05, 4.69) is 54.5 Å². The Morgan fingerprint density at radius 3 is 2.17 bits per heavy atom. The van der Waals surface area contributed by atoms with Gasteiger partial charge in [-0.25, -0.2) is 19.6 Å². The zero-order valence-corrected chi connectivity index (χ0v) is 33.7. The Morgan fingerprint density at radius 1 is 0.814 bits per heavy atom. The van der Waals surface area contributed by atoms with Gasteiger partial charge in [-0.2, -0.15) is 5.26 Å². The van der Waals surface area contributed by atoms with Gasteiger partial charge in [0, 0.05) is 31.3 Å². The molecule has 0 spiro atoms. The van der Waals surface area contributed by atoms with Crippen molar-refractivity contribution in [2.75, 3.05) is 34.4 Å². The number of methoxy groups -OCH3 is 3. The highest BCUT2D eigenvalue weighted by atomic mass is 16.5. The molecule has 16 nitrogen and oxygen atoms in total. The Kier molecular flexibility index (Phi) is 12.5. The zero-order valence-electron chi connectivity index (χ0n) is 33.7. The summed E-state index contributed by atoms with van der Waals surface area (Å²) in [4.78, 5) is 71.2. The molecular weight excluding hydrogens is 755 g/mol. The molecule has 2 saturated heterocycles. The van der Waals surface area contributed by atoms with Crippen LogP contribution >= 0.6 is 0 Å². The number of aromatic amines is 2. The number of fused-ring (bicyclic) bond motifs is 1. The lowest BCUT2D eigenvalue weighted by atomic mass is 9.96. The second kappa shape index (κ2) is 18.0. The number of amides is 4. The van der Waals surface area contributed by atoms with Crippen LogP contribution in [0.15, 0.2) is 42.6 Å². The summed E-state index contributed by atoms with van der Waals surface area (Å²) < 4.78 is 15.0. The monoisotopic (exact) mass is 803 g/mol. The number of imidazole rings is 2. The van der Waals surface area contributed by atoms with Crippen molar-refractivity contribution >= 4 is 34.8 Å². The number of benzene rings is 2. The van der Waals surface area contributed by atoms with Crippen molar-refractivity contribution in [2.24, 2.45) is 5.92 Å². The number of hydrogen-bond acceptors (Lipinski definition) is 10. The van der Waals surface area contributed by atoms with Crippen molar-refractivity contribution in [3.63, 3.8) is 0 Å². The number of ether oxygens (including phenoxy) is 3. The third-order valence-corrected chi connectivity index (χ3v) is 11.8. The largest absolute Gasteiger partial charge is 0.453 e. The Morgan fingerprint density at radius 2 is 1.47 bits per heavy atom. The predicted octanol–water partition coefficient (Wildman–Crippen LogP) is 5.23. The summed E-state index contributed by atoms with van der Waals surface area (Å²) in [6, 6.07) is 11.8. The minimum absolute atomic E-state index is 0.0400. The number of carbonyl (C=O) groups is 4. The van der Waals surface area contributed by atoms with E-state index in [1.165, 1.54) is 21.3 Å². The number of nitrogens with zero attached hydrogens (tertiary/aromatic N) is 5. The van der Waals surface area contributed by atoms with Crippen LogP contribution in [0.2, 0.25) is 0 Å². The number of carbonyl (C=O) groups excluding carboxylic acids is 4. The molecule has 59 heavy (non-hydrogen) atoms. The number of likely N-dealkylation sites (tertiary alicyclic amines) is 2. The lowest BCUT2D eigenvalue weighted by Crippen LogP contribution is -2.54. The van der Waals surface area contributed by atoms with Crippen LogP contribution in [-0.4, -0.2) is 106 Å². The molecule has 4 amide bonds. The molecule has 5 atom stereocenters. The minimum Gasteiger partial charge on any atom is -0.453 e. The van der Waals surface area contributed by atoms with Gasteiger partial charge < -0.3 is 44.6 Å². The highest BCUT2D eigenvalue weighted by Crippen LogP contribution is 2.36. The molecule has 16 heteroatoms. The first kappa shape index (κ1) is 40.8. The summed E-state index contributed by atoms with van der Waals surface area (Å²) in [5.41, 5.74) is 2.99. The molecule has 3 unspecified atom stereocenters. The molecule has 4 N–H and O–H groups in total. The summed E-state index contributed by atoms with van der Waals surface area (Å²) in [5, 5.41) is 17.3. The molecule has 4 heterocycles. The Balaban J connectivity index is 1.05. The molecule has 0 radical (unpaired) electrons. The fourth-order valence-corrected chi connectivity index (χ4v) is 8.55. The molecule has 1 aliphatic carbocycles. The minimum atomic E-state index is -0.916. The Labute approximate surface area is 342 Å². The molecule has 2 aromatic carbocycles. The summed E-state index contributed by atoms with van der Waals surface area (Å²) >= 11 is 0. The van der Waals surface area contributed by atoms with Crippen molar-refractivity contribution in [1.29, 1.82) is 5.26 Å². The molecule has 308 valence electrons. The van der Waals surface area contributed by atoms with E-state index < -0.39 is 30.4 Å². The summed E-state index contributed by atoms with van der Waals surface area (Å²) in [6.45, 7) is 2.77. The first-order chi connectivity index (χ1) is 28.6. The van der Waals surface area contributed by atoms with Gasteiger partial charge in [0.2, 0.25) is 11.8 Å². The van der Waals surface area contributed by atoms with Gasteiger partial charge in [-0.15, -0.1) is 0 Å². The molecule has 2 aromatic heterocycles. The Hall–Kier alpha value is -6.39. The number of alkyl carbamates (subject to hydrolysis) is 2. The average Bonchev–Trinajstić information content (AvgIpc) is 4.12. The quantitative estimate of drug-likeness (QED) is 0.154. The Bertz CT molecular complexity index is 2310. The molecule has 1 saturated carbocycles. The van der Waals surface area contributed by atoms with Gasteiger partial charge in [0.05, 0.1) is 44.3 Å². The van der Waals surface area contributed by atoms with Crippen LogP contribution in [0.5, 0.6) is 0 Å². The van der Waals surface area contributed by atoms with Gasteiger partial charge in [-0.05, 0) is 86.3 Å². The second-order valence-corrected chi connectivity index (χ2v) is 15.3. The van der Waals surface area contributed by atoms with Gasteiger partial charge in [0.25, 0.3) is 0 Å². The topological polar surface area (TPSA) is 208 Å². The molecule has 3 aliphatic rings. The van der Waals surface area contributed by atoms with Gasteiger partial charge >= 0.3 is 12.2 Å². The average molecular weight is 804 g/mol. The van der Waals surface area contributed by atoms with E-state index in [0.29, 0.717) is 36.9 Å². The lowest BCUT2D eigenvalue weighted by molar-refractivity contribution is -0.137. The third-order valence-electron chi connectivity index (χ3n) is 11.8. The highest BCUT2D eigenvalue weighted by Gasteiger charge is 2.41. The van der Waals surface area contributed by atoms with Crippen LogP contribution in [0.1, 0.15) is 99.0 Å². The number of rotatable bonds is 10. The van der Waals surface area contributed by atoms with Gasteiger partial charge in [-0.3, -0.25) is 9.59 Å². The standard InChI is InChI=1S/C43H49N9O7/c1-25(57-2)36(49-42(55)58-3)40(53)51-19-7-11-34(51)38-45-24-33(48-38)30-17-16-28-21-26(13-15-29(28)22-30)14-18-31-32(23-44)47-39(46-31)35-12-8-20-52(35)41(54)37(50-43(56)59-4)27-9-5-6-10-27/h13,15-17,21-22,24-25,27,34-37H,5-12,19-20H2,1-4H3,(H,45,48)(H,46,47)(H,49,55)(H,50,56)/t25-,34?,35?,36?,37+/m1/s1. The number of hydrogen-bond donors (Lipinski definition) is 4. The first-order valence-corrected chi connectivity index (χ1v) is 20.1. The fraction of sp³-hybridized carbons (Fsp3) is 0.465. The lowest BCUT2D eigenvalue weighted by Gasteiger charge is -2.31. The normalized spacial score (nSPS) is 19.4. The number of nitriles is 1.